The maximum atomic E-state index is 13.7. The number of aryl methyl sites for hydroxylation is 1. The second-order valence-electron chi connectivity index (χ2n) is 7.65. The Labute approximate surface area is 193 Å². The molecule has 2 aromatic carbocycles. The fourth-order valence-electron chi connectivity index (χ4n) is 4.08. The molecule has 0 spiro atoms. The molecule has 1 N–H and O–H groups in total. The summed E-state index contributed by atoms with van der Waals surface area (Å²) < 4.78 is 29.4. The van der Waals surface area contributed by atoms with Gasteiger partial charge in [-0.1, -0.05) is 30.3 Å². The molecule has 3 heterocycles. The number of aromatic nitrogens is 2. The largest absolute Gasteiger partial charge is 0.333 e. The van der Waals surface area contributed by atoms with Crippen molar-refractivity contribution in [3.8, 4) is 5.00 Å². The van der Waals surface area contributed by atoms with E-state index in [1.807, 2.05) is 12.1 Å². The summed E-state index contributed by atoms with van der Waals surface area (Å²) in [5.74, 6) is 0. The van der Waals surface area contributed by atoms with Crippen LogP contribution < -0.4 is 15.6 Å². The zero-order valence-electron chi connectivity index (χ0n) is 17.3. The van der Waals surface area contributed by atoms with Crippen LogP contribution in [0.25, 0.3) is 20.7 Å². The second kappa shape index (κ2) is 8.03. The molecule has 166 valence electrons. The summed E-state index contributed by atoms with van der Waals surface area (Å²) >= 11 is 0.756. The summed E-state index contributed by atoms with van der Waals surface area (Å²) in [6.45, 7) is 7.86. The summed E-state index contributed by atoms with van der Waals surface area (Å²) in [5.41, 5.74) is 0.543. The highest BCUT2D eigenvalue weighted by Gasteiger charge is 2.31. The Bertz CT molecular complexity index is 1660. The van der Waals surface area contributed by atoms with Gasteiger partial charge in [-0.25, -0.2) is 22.6 Å². The molecule has 2 aromatic heterocycles. The Hall–Kier alpha value is -3.68. The van der Waals surface area contributed by atoms with Gasteiger partial charge in [0.1, 0.15) is 9.21 Å². The van der Waals surface area contributed by atoms with Crippen LogP contribution in [0.1, 0.15) is 18.4 Å². The number of para-hydroxylation sites is 2. The minimum absolute atomic E-state index is 0.0105. The van der Waals surface area contributed by atoms with Crippen molar-refractivity contribution < 1.29 is 8.42 Å². The van der Waals surface area contributed by atoms with Crippen LogP contribution in [-0.4, -0.2) is 24.5 Å². The number of sulfonamides is 1. The number of anilines is 1. The first-order valence-corrected chi connectivity index (χ1v) is 12.5. The highest BCUT2D eigenvalue weighted by Crippen LogP contribution is 2.39. The monoisotopic (exact) mass is 478 g/mol. The van der Waals surface area contributed by atoms with Gasteiger partial charge in [-0.15, -0.1) is 11.3 Å². The van der Waals surface area contributed by atoms with Crippen molar-refractivity contribution in [2.45, 2.75) is 23.5 Å². The fourth-order valence-corrected chi connectivity index (χ4v) is 7.12. The van der Waals surface area contributed by atoms with E-state index in [1.54, 1.807) is 36.4 Å². The molecule has 0 amide bonds. The van der Waals surface area contributed by atoms with E-state index in [0.717, 1.165) is 34.3 Å². The van der Waals surface area contributed by atoms with Crippen LogP contribution in [0, 0.1) is 6.57 Å². The van der Waals surface area contributed by atoms with E-state index in [0.29, 0.717) is 24.2 Å². The van der Waals surface area contributed by atoms with E-state index >= 15 is 0 Å². The van der Waals surface area contributed by atoms with E-state index < -0.39 is 21.3 Å². The molecule has 0 fully saturated rings. The Morgan fingerprint density at radius 2 is 1.79 bits per heavy atom. The molecule has 0 saturated heterocycles. The molecular formula is C23H18N4O4S2. The number of aromatic amines is 1. The summed E-state index contributed by atoms with van der Waals surface area (Å²) in [4.78, 5) is 31.9. The molecule has 10 heteroatoms. The standard InChI is InChI=1S/C23H18N4O4S2/c1-24-18-14-20(33(30,31)26-13-7-6-9-15-8-2-5-12-19(15)26)32-22(18)27-21(28)16-10-3-4-11-17(16)25-23(27)29/h2-5,8,10-12,14H,6-7,9,13H2,(H,25,29). The molecule has 1 aliphatic heterocycles. The first kappa shape index (κ1) is 21.2. The molecule has 0 atom stereocenters. The number of nitrogens with one attached hydrogen (secondary N) is 1. The van der Waals surface area contributed by atoms with Crippen molar-refractivity contribution in [3.05, 3.63) is 92.4 Å². The second-order valence-corrected chi connectivity index (χ2v) is 10.8. The van der Waals surface area contributed by atoms with Crippen LogP contribution in [0.15, 0.2) is 68.4 Å². The van der Waals surface area contributed by atoms with Crippen LogP contribution >= 0.6 is 11.3 Å². The number of hydrogen-bond donors (Lipinski definition) is 1. The lowest BCUT2D eigenvalue weighted by Crippen LogP contribution is -2.33. The molecule has 0 bridgehead atoms. The third kappa shape index (κ3) is 3.46. The van der Waals surface area contributed by atoms with Crippen LogP contribution in [0.3, 0.4) is 0 Å². The van der Waals surface area contributed by atoms with Gasteiger partial charge in [-0.2, -0.15) is 0 Å². The maximum Gasteiger partial charge on any atom is 0.333 e. The Morgan fingerprint density at radius 1 is 1.03 bits per heavy atom. The predicted molar refractivity (Wildman–Crippen MR) is 128 cm³/mol. The van der Waals surface area contributed by atoms with Crippen LogP contribution in [-0.2, 0) is 16.4 Å². The first-order chi connectivity index (χ1) is 15.9. The maximum absolute atomic E-state index is 13.7. The van der Waals surface area contributed by atoms with Gasteiger partial charge in [0.15, 0.2) is 0 Å². The van der Waals surface area contributed by atoms with Crippen LogP contribution in [0.2, 0.25) is 0 Å². The van der Waals surface area contributed by atoms with Crippen molar-refractivity contribution in [2.75, 3.05) is 10.8 Å². The summed E-state index contributed by atoms with van der Waals surface area (Å²) in [5, 5.41) is 0.260. The van der Waals surface area contributed by atoms with Gasteiger partial charge in [0.05, 0.1) is 23.2 Å². The average Bonchev–Trinajstić information content (AvgIpc) is 3.12. The number of hydrogen-bond acceptors (Lipinski definition) is 5. The molecule has 33 heavy (non-hydrogen) atoms. The molecule has 0 unspecified atom stereocenters. The molecule has 0 saturated carbocycles. The van der Waals surface area contributed by atoms with E-state index in [-0.39, 0.29) is 20.3 Å². The zero-order valence-corrected chi connectivity index (χ0v) is 18.9. The Morgan fingerprint density at radius 3 is 2.61 bits per heavy atom. The Kier molecular flexibility index (Phi) is 5.15. The summed E-state index contributed by atoms with van der Waals surface area (Å²) in [7, 11) is -4.01. The quantitative estimate of drug-likeness (QED) is 0.453. The lowest BCUT2D eigenvalue weighted by atomic mass is 10.1. The van der Waals surface area contributed by atoms with Gasteiger partial charge in [-0.3, -0.25) is 9.10 Å². The molecule has 8 nitrogen and oxygen atoms in total. The smallest absolute Gasteiger partial charge is 0.306 e. The van der Waals surface area contributed by atoms with Crippen LogP contribution in [0.4, 0.5) is 11.4 Å². The van der Waals surface area contributed by atoms with Crippen molar-refractivity contribution in [1.29, 1.82) is 0 Å². The van der Waals surface area contributed by atoms with Gasteiger partial charge in [0.2, 0.25) is 5.69 Å². The number of H-pyrrole nitrogens is 1. The van der Waals surface area contributed by atoms with Crippen molar-refractivity contribution in [1.82, 2.24) is 9.55 Å². The summed E-state index contributed by atoms with van der Waals surface area (Å²) in [6.07, 6.45) is 2.35. The van der Waals surface area contributed by atoms with E-state index in [4.69, 9.17) is 6.57 Å². The molecule has 0 radical (unpaired) electrons. The van der Waals surface area contributed by atoms with Crippen LogP contribution in [0.5, 0.6) is 0 Å². The predicted octanol–water partition coefficient (Wildman–Crippen LogP) is 3.82. The average molecular weight is 479 g/mol. The molecule has 1 aliphatic rings. The molecule has 0 aliphatic carbocycles. The lowest BCUT2D eigenvalue weighted by molar-refractivity contribution is 0.591. The van der Waals surface area contributed by atoms with E-state index in [9.17, 15) is 18.0 Å². The molecule has 5 rings (SSSR count). The highest BCUT2D eigenvalue weighted by molar-refractivity contribution is 7.94. The summed E-state index contributed by atoms with van der Waals surface area (Å²) in [6, 6.07) is 15.2. The van der Waals surface area contributed by atoms with Gasteiger partial charge in [-0.05, 0) is 49.1 Å². The van der Waals surface area contributed by atoms with Gasteiger partial charge >= 0.3 is 5.69 Å². The van der Waals surface area contributed by atoms with Crippen molar-refractivity contribution in [2.24, 2.45) is 0 Å². The molecule has 4 aromatic rings. The number of rotatable bonds is 3. The number of fused-ring (bicyclic) bond motifs is 2. The number of thiophene rings is 1. The normalized spacial score (nSPS) is 14.0. The highest BCUT2D eigenvalue weighted by atomic mass is 32.2. The van der Waals surface area contributed by atoms with E-state index in [1.165, 1.54) is 10.4 Å². The number of nitrogens with zero attached hydrogens (tertiary/aromatic N) is 3. The van der Waals surface area contributed by atoms with Gasteiger partial charge in [0.25, 0.3) is 15.6 Å². The minimum Gasteiger partial charge on any atom is -0.306 e. The fraction of sp³-hybridized carbons (Fsp3) is 0.174. The molecular weight excluding hydrogens is 460 g/mol. The number of benzene rings is 2. The van der Waals surface area contributed by atoms with Gasteiger partial charge < -0.3 is 4.98 Å². The third-order valence-electron chi connectivity index (χ3n) is 5.66. The minimum atomic E-state index is -4.01. The topological polar surface area (TPSA) is 96.6 Å². The Balaban J connectivity index is 1.69. The van der Waals surface area contributed by atoms with Crippen molar-refractivity contribution in [3.63, 3.8) is 0 Å². The lowest BCUT2D eigenvalue weighted by Gasteiger charge is -2.23. The SMILES string of the molecule is [C-]#[N+]c1cc(S(=O)(=O)N2CCCCc3ccccc32)sc1-n1c(=O)[nH]c2ccccc2c1=O. The zero-order chi connectivity index (χ0) is 23.2. The first-order valence-electron chi connectivity index (χ1n) is 10.3. The van der Waals surface area contributed by atoms with Gasteiger partial charge in [0, 0.05) is 6.54 Å². The third-order valence-corrected chi connectivity index (χ3v) is 9.03. The van der Waals surface area contributed by atoms with E-state index in [2.05, 4.69) is 9.83 Å². The van der Waals surface area contributed by atoms with Crippen molar-refractivity contribution >= 4 is 43.6 Å².